The largest absolute Gasteiger partial charge is 0.454 e. The van der Waals surface area contributed by atoms with Crippen molar-refractivity contribution in [1.29, 1.82) is 0 Å². The maximum absolute atomic E-state index is 5.61. The lowest BCUT2D eigenvalue weighted by Gasteiger charge is -2.09. The summed E-state index contributed by atoms with van der Waals surface area (Å²) in [5.41, 5.74) is 3.59. The van der Waals surface area contributed by atoms with Crippen molar-refractivity contribution in [1.82, 2.24) is 20.3 Å². The number of rotatable bonds is 6. The number of aryl methyl sites for hydroxylation is 1. The Hall–Kier alpha value is -1.50. The van der Waals surface area contributed by atoms with Crippen LogP contribution in [0.5, 0.6) is 11.5 Å². The molecule has 1 aromatic carbocycles. The molecular weight excluding hydrogens is 351 g/mol. The SMILES string of the molecule is Cl.Cl.Cn1cc(CCNCc2cc3c(c(C4CC4)c2)OCO3)nn1. The quantitative estimate of drug-likeness (QED) is 0.789. The number of aromatic nitrogens is 3. The molecule has 0 saturated heterocycles. The van der Waals surface area contributed by atoms with Crippen LogP contribution in [0, 0.1) is 0 Å². The fraction of sp³-hybridized carbons (Fsp3) is 0.500. The predicted octanol–water partition coefficient (Wildman–Crippen LogP) is 2.60. The molecule has 1 aromatic heterocycles. The molecule has 1 aliphatic heterocycles. The van der Waals surface area contributed by atoms with Gasteiger partial charge in [-0.2, -0.15) is 0 Å². The smallest absolute Gasteiger partial charge is 0.231 e. The van der Waals surface area contributed by atoms with Crippen LogP contribution in [0.1, 0.15) is 35.6 Å². The summed E-state index contributed by atoms with van der Waals surface area (Å²) in [6.07, 6.45) is 5.36. The van der Waals surface area contributed by atoms with Gasteiger partial charge in [-0.05, 0) is 30.4 Å². The summed E-state index contributed by atoms with van der Waals surface area (Å²) in [5.74, 6) is 2.52. The zero-order valence-electron chi connectivity index (χ0n) is 13.5. The predicted molar refractivity (Wildman–Crippen MR) is 95.4 cm³/mol. The van der Waals surface area contributed by atoms with Crippen LogP contribution in [0.4, 0.5) is 0 Å². The minimum Gasteiger partial charge on any atom is -0.454 e. The fourth-order valence-corrected chi connectivity index (χ4v) is 2.86. The standard InChI is InChI=1S/C16H20N4O2.2ClH/c1-20-9-13(18-19-20)4-5-17-8-11-6-14(12-2-3-12)16-15(7-11)21-10-22-16;;/h6-7,9,12,17H,2-5,8,10H2,1H3;2*1H. The van der Waals surface area contributed by atoms with Crippen molar-refractivity contribution in [2.75, 3.05) is 13.3 Å². The van der Waals surface area contributed by atoms with Gasteiger partial charge in [0.25, 0.3) is 0 Å². The average Bonchev–Trinajstić information content (AvgIpc) is 3.11. The van der Waals surface area contributed by atoms with E-state index in [-0.39, 0.29) is 24.8 Å². The molecule has 0 spiro atoms. The Morgan fingerprint density at radius 1 is 1.25 bits per heavy atom. The number of benzene rings is 1. The Labute approximate surface area is 153 Å². The van der Waals surface area contributed by atoms with E-state index in [1.54, 1.807) is 4.68 Å². The third-order valence-electron chi connectivity index (χ3n) is 4.12. The first-order chi connectivity index (χ1) is 10.8. The van der Waals surface area contributed by atoms with Crippen LogP contribution in [0.15, 0.2) is 18.3 Å². The topological polar surface area (TPSA) is 61.2 Å². The van der Waals surface area contributed by atoms with E-state index in [9.17, 15) is 0 Å². The molecule has 2 heterocycles. The van der Waals surface area contributed by atoms with Crippen molar-refractivity contribution in [2.45, 2.75) is 31.7 Å². The van der Waals surface area contributed by atoms with Crippen LogP contribution in [0.2, 0.25) is 0 Å². The molecule has 0 radical (unpaired) electrons. The zero-order chi connectivity index (χ0) is 14.9. The normalized spacial score (nSPS) is 14.9. The van der Waals surface area contributed by atoms with Gasteiger partial charge in [0.1, 0.15) is 0 Å². The van der Waals surface area contributed by atoms with Gasteiger partial charge in [0, 0.05) is 38.3 Å². The highest BCUT2D eigenvalue weighted by Crippen LogP contribution is 2.49. The number of nitrogens with zero attached hydrogens (tertiary/aromatic N) is 3. The van der Waals surface area contributed by atoms with Crippen molar-refractivity contribution >= 4 is 24.8 Å². The molecule has 0 unspecified atom stereocenters. The van der Waals surface area contributed by atoms with E-state index in [2.05, 4.69) is 27.8 Å². The Kier molecular flexibility index (Phi) is 6.32. The van der Waals surface area contributed by atoms with E-state index >= 15 is 0 Å². The number of halogens is 2. The number of nitrogens with one attached hydrogen (secondary N) is 1. The summed E-state index contributed by atoms with van der Waals surface area (Å²) in [7, 11) is 1.88. The molecule has 8 heteroatoms. The van der Waals surface area contributed by atoms with E-state index in [1.807, 2.05) is 13.2 Å². The van der Waals surface area contributed by atoms with Crippen molar-refractivity contribution in [2.24, 2.45) is 7.05 Å². The lowest BCUT2D eigenvalue weighted by atomic mass is 10.0. The second-order valence-electron chi connectivity index (χ2n) is 6.00. The molecule has 2 aromatic rings. The fourth-order valence-electron chi connectivity index (χ4n) is 2.86. The second kappa shape index (κ2) is 8.05. The van der Waals surface area contributed by atoms with E-state index < -0.39 is 0 Å². The molecule has 6 nitrogen and oxygen atoms in total. The minimum absolute atomic E-state index is 0. The molecular formula is C16H22Cl2N4O2. The molecule has 24 heavy (non-hydrogen) atoms. The molecule has 0 bridgehead atoms. The van der Waals surface area contributed by atoms with Gasteiger partial charge in [0.05, 0.1) is 5.69 Å². The van der Waals surface area contributed by atoms with Crippen LogP contribution >= 0.6 is 24.8 Å². The van der Waals surface area contributed by atoms with Gasteiger partial charge < -0.3 is 14.8 Å². The first kappa shape index (κ1) is 18.8. The summed E-state index contributed by atoms with van der Waals surface area (Å²) in [5, 5.41) is 11.5. The highest BCUT2D eigenvalue weighted by Gasteiger charge is 2.31. The molecule has 1 fully saturated rings. The molecule has 2 aliphatic rings. The Balaban J connectivity index is 0.00000104. The summed E-state index contributed by atoms with van der Waals surface area (Å²) in [4.78, 5) is 0. The Morgan fingerprint density at radius 2 is 2.08 bits per heavy atom. The lowest BCUT2D eigenvalue weighted by Crippen LogP contribution is -2.17. The van der Waals surface area contributed by atoms with Crippen molar-refractivity contribution in [3.8, 4) is 11.5 Å². The second-order valence-corrected chi connectivity index (χ2v) is 6.00. The number of hydrogen-bond donors (Lipinski definition) is 1. The van der Waals surface area contributed by atoms with Gasteiger partial charge in [-0.15, -0.1) is 29.9 Å². The van der Waals surface area contributed by atoms with E-state index in [4.69, 9.17) is 9.47 Å². The minimum atomic E-state index is 0. The zero-order valence-corrected chi connectivity index (χ0v) is 15.2. The highest BCUT2D eigenvalue weighted by atomic mass is 35.5. The van der Waals surface area contributed by atoms with Crippen LogP contribution in [0.25, 0.3) is 0 Å². The molecule has 132 valence electrons. The maximum Gasteiger partial charge on any atom is 0.231 e. The van der Waals surface area contributed by atoms with Gasteiger partial charge in [0.15, 0.2) is 11.5 Å². The first-order valence-electron chi connectivity index (χ1n) is 7.78. The third-order valence-corrected chi connectivity index (χ3v) is 4.12. The van der Waals surface area contributed by atoms with Crippen LogP contribution in [0.3, 0.4) is 0 Å². The van der Waals surface area contributed by atoms with E-state index in [0.717, 1.165) is 36.7 Å². The monoisotopic (exact) mass is 372 g/mol. The van der Waals surface area contributed by atoms with Crippen molar-refractivity contribution in [3.05, 3.63) is 35.2 Å². The summed E-state index contributed by atoms with van der Waals surface area (Å²) < 4.78 is 12.9. The van der Waals surface area contributed by atoms with Crippen molar-refractivity contribution in [3.63, 3.8) is 0 Å². The molecule has 0 amide bonds. The van der Waals surface area contributed by atoms with Crippen molar-refractivity contribution < 1.29 is 9.47 Å². The Morgan fingerprint density at radius 3 is 2.79 bits per heavy atom. The van der Waals surface area contributed by atoms with E-state index in [1.165, 1.54) is 24.0 Å². The van der Waals surface area contributed by atoms with Crippen LogP contribution < -0.4 is 14.8 Å². The van der Waals surface area contributed by atoms with Crippen LogP contribution in [-0.2, 0) is 20.0 Å². The number of hydrogen-bond acceptors (Lipinski definition) is 5. The number of ether oxygens (including phenoxy) is 2. The molecule has 1 aliphatic carbocycles. The summed E-state index contributed by atoms with van der Waals surface area (Å²) in [6, 6.07) is 4.35. The molecule has 4 rings (SSSR count). The highest BCUT2D eigenvalue weighted by molar-refractivity contribution is 5.85. The maximum atomic E-state index is 5.61. The molecule has 0 atom stereocenters. The van der Waals surface area contributed by atoms with Gasteiger partial charge in [-0.1, -0.05) is 11.3 Å². The first-order valence-corrected chi connectivity index (χ1v) is 7.78. The van der Waals surface area contributed by atoms with Gasteiger partial charge in [0.2, 0.25) is 6.79 Å². The van der Waals surface area contributed by atoms with Crippen LogP contribution in [-0.4, -0.2) is 28.3 Å². The summed E-state index contributed by atoms with van der Waals surface area (Å²) in [6.45, 7) is 2.06. The average molecular weight is 373 g/mol. The van der Waals surface area contributed by atoms with E-state index in [0.29, 0.717) is 12.7 Å². The molecule has 1 saturated carbocycles. The number of fused-ring (bicyclic) bond motifs is 1. The third kappa shape index (κ3) is 4.12. The summed E-state index contributed by atoms with van der Waals surface area (Å²) >= 11 is 0. The Bertz CT molecular complexity index is 689. The van der Waals surface area contributed by atoms with Gasteiger partial charge >= 0.3 is 0 Å². The molecule has 1 N–H and O–H groups in total. The lowest BCUT2D eigenvalue weighted by molar-refractivity contribution is 0.173. The van der Waals surface area contributed by atoms with Gasteiger partial charge in [-0.3, -0.25) is 4.68 Å². The van der Waals surface area contributed by atoms with Gasteiger partial charge in [-0.25, -0.2) is 0 Å².